The van der Waals surface area contributed by atoms with E-state index in [0.717, 1.165) is 16.6 Å². The molecule has 3 heteroatoms. The van der Waals surface area contributed by atoms with Gasteiger partial charge in [-0.15, -0.1) is 0 Å². The molecular weight excluding hydrogens is 270 g/mol. The molecule has 2 heterocycles. The maximum absolute atomic E-state index is 4.41. The smallest absolute Gasteiger partial charge is 0.0703 e. The van der Waals surface area contributed by atoms with Crippen molar-refractivity contribution in [2.75, 3.05) is 0 Å². The van der Waals surface area contributed by atoms with Crippen molar-refractivity contribution in [1.82, 2.24) is 14.8 Å². The molecule has 3 nitrogen and oxygen atoms in total. The number of hydrogen-bond acceptors (Lipinski definition) is 2. The van der Waals surface area contributed by atoms with Crippen LogP contribution in [0, 0.1) is 0 Å². The van der Waals surface area contributed by atoms with Crippen molar-refractivity contribution in [2.24, 2.45) is 0 Å². The van der Waals surface area contributed by atoms with Crippen LogP contribution in [-0.2, 0) is 0 Å². The van der Waals surface area contributed by atoms with Crippen molar-refractivity contribution in [3.63, 3.8) is 0 Å². The first kappa shape index (κ1) is 17.9. The lowest BCUT2D eigenvalue weighted by molar-refractivity contribution is 0.735. The van der Waals surface area contributed by atoms with Gasteiger partial charge in [0.2, 0.25) is 0 Å². The van der Waals surface area contributed by atoms with Gasteiger partial charge in [-0.05, 0) is 36.2 Å². The Balaban J connectivity index is 0.000000561. The third kappa shape index (κ3) is 3.94. The summed E-state index contributed by atoms with van der Waals surface area (Å²) in [5.74, 6) is 0.456. The molecule has 0 aliphatic rings. The molecule has 0 amide bonds. The van der Waals surface area contributed by atoms with E-state index in [1.807, 2.05) is 56.9 Å². The van der Waals surface area contributed by atoms with Crippen molar-refractivity contribution >= 4 is 10.9 Å². The molecule has 0 aliphatic heterocycles. The lowest BCUT2D eigenvalue weighted by atomic mass is 10.1. The predicted molar refractivity (Wildman–Crippen MR) is 95.7 cm³/mol. The van der Waals surface area contributed by atoms with Gasteiger partial charge in [0, 0.05) is 23.5 Å². The number of pyridine rings is 1. The maximum Gasteiger partial charge on any atom is 0.0703 e. The molecule has 0 unspecified atom stereocenters. The maximum atomic E-state index is 4.41. The molecule has 0 radical (unpaired) electrons. The van der Waals surface area contributed by atoms with E-state index < -0.39 is 0 Å². The number of hydrogen-bond donors (Lipinski definition) is 0. The minimum Gasteiger partial charge on any atom is -0.256 e. The molecule has 3 rings (SSSR count). The minimum absolute atomic E-state index is 0.456. The van der Waals surface area contributed by atoms with E-state index in [2.05, 4.69) is 48.2 Å². The zero-order valence-electron chi connectivity index (χ0n) is 14.5. The Kier molecular flexibility index (Phi) is 7.30. The number of benzene rings is 1. The summed E-state index contributed by atoms with van der Waals surface area (Å²) in [6.07, 6.45) is 3.66. The second-order valence-corrected chi connectivity index (χ2v) is 4.70. The van der Waals surface area contributed by atoms with Gasteiger partial charge in [0.05, 0.1) is 11.2 Å². The molecule has 0 saturated heterocycles. The summed E-state index contributed by atoms with van der Waals surface area (Å²) < 4.78 is 2.00. The van der Waals surface area contributed by atoms with E-state index in [0.29, 0.717) is 5.92 Å². The van der Waals surface area contributed by atoms with Crippen LogP contribution in [-0.4, -0.2) is 14.8 Å². The zero-order chi connectivity index (χ0) is 16.5. The van der Waals surface area contributed by atoms with E-state index in [-0.39, 0.29) is 0 Å². The second kappa shape index (κ2) is 8.98. The fourth-order valence-corrected chi connectivity index (χ4v) is 2.16. The summed E-state index contributed by atoms with van der Waals surface area (Å²) in [4.78, 5) is 4.33. The minimum atomic E-state index is 0.456. The fraction of sp³-hybridized carbons (Fsp3) is 0.368. The molecule has 0 bridgehead atoms. The summed E-state index contributed by atoms with van der Waals surface area (Å²) >= 11 is 0. The Bertz CT molecular complexity index is 684. The summed E-state index contributed by atoms with van der Waals surface area (Å²) in [5, 5.41) is 5.55. The normalized spacial score (nSPS) is 9.77. The van der Waals surface area contributed by atoms with Crippen LogP contribution in [0.5, 0.6) is 0 Å². The largest absolute Gasteiger partial charge is 0.256 e. The molecule has 0 N–H and O–H groups in total. The van der Waals surface area contributed by atoms with Gasteiger partial charge in [-0.25, -0.2) is 4.68 Å². The average Bonchev–Trinajstić information content (AvgIpc) is 3.08. The summed E-state index contributed by atoms with van der Waals surface area (Å²) in [7, 11) is 0. The summed E-state index contributed by atoms with van der Waals surface area (Å²) in [5.41, 5.74) is 3.32. The first-order valence-corrected chi connectivity index (χ1v) is 8.15. The van der Waals surface area contributed by atoms with E-state index in [1.165, 1.54) is 5.69 Å². The number of aromatic nitrogens is 3. The second-order valence-electron chi connectivity index (χ2n) is 4.70. The van der Waals surface area contributed by atoms with E-state index in [1.54, 1.807) is 0 Å². The molecule has 0 aliphatic carbocycles. The predicted octanol–water partition coefficient (Wildman–Crippen LogP) is 5.60. The van der Waals surface area contributed by atoms with Gasteiger partial charge >= 0.3 is 0 Å². The van der Waals surface area contributed by atoms with Gasteiger partial charge in [0.15, 0.2) is 0 Å². The lowest BCUT2D eigenvalue weighted by Crippen LogP contribution is -2.03. The van der Waals surface area contributed by atoms with Gasteiger partial charge in [0.1, 0.15) is 0 Å². The number of fused-ring (bicyclic) bond motifs is 1. The van der Waals surface area contributed by atoms with Crippen molar-refractivity contribution in [3.05, 3.63) is 54.5 Å². The SMILES string of the molecule is CC.CC.CC(C)c1ccnn1-c1ccc2ncccc2c1. The first-order chi connectivity index (χ1) is 10.8. The van der Waals surface area contributed by atoms with Gasteiger partial charge in [-0.1, -0.05) is 47.6 Å². The van der Waals surface area contributed by atoms with E-state index in [4.69, 9.17) is 0 Å². The van der Waals surface area contributed by atoms with Gasteiger partial charge in [-0.3, -0.25) is 4.98 Å². The summed E-state index contributed by atoms with van der Waals surface area (Å²) in [6.45, 7) is 12.4. The number of rotatable bonds is 2. The molecule has 0 spiro atoms. The van der Waals surface area contributed by atoms with Crippen LogP contribution >= 0.6 is 0 Å². The monoisotopic (exact) mass is 297 g/mol. The third-order valence-corrected chi connectivity index (χ3v) is 3.09. The number of nitrogens with zero attached hydrogens (tertiary/aromatic N) is 3. The highest BCUT2D eigenvalue weighted by atomic mass is 15.3. The quantitative estimate of drug-likeness (QED) is 0.616. The Labute approximate surface area is 134 Å². The highest BCUT2D eigenvalue weighted by Crippen LogP contribution is 2.21. The van der Waals surface area contributed by atoms with Crippen LogP contribution in [0.3, 0.4) is 0 Å². The molecule has 0 atom stereocenters. The van der Waals surface area contributed by atoms with E-state index in [9.17, 15) is 0 Å². The zero-order valence-corrected chi connectivity index (χ0v) is 14.5. The molecular formula is C19H27N3. The average molecular weight is 297 g/mol. The lowest BCUT2D eigenvalue weighted by Gasteiger charge is -2.10. The first-order valence-electron chi connectivity index (χ1n) is 8.15. The Morgan fingerprint density at radius 2 is 1.64 bits per heavy atom. The van der Waals surface area contributed by atoms with Crippen LogP contribution < -0.4 is 0 Å². The van der Waals surface area contributed by atoms with Crippen molar-refractivity contribution in [3.8, 4) is 5.69 Å². The highest BCUT2D eigenvalue weighted by Gasteiger charge is 2.08. The van der Waals surface area contributed by atoms with Crippen molar-refractivity contribution in [2.45, 2.75) is 47.5 Å². The van der Waals surface area contributed by atoms with Crippen LogP contribution in [0.15, 0.2) is 48.8 Å². The molecule has 1 aromatic carbocycles. The highest BCUT2D eigenvalue weighted by molar-refractivity contribution is 5.80. The Morgan fingerprint density at radius 1 is 0.909 bits per heavy atom. The van der Waals surface area contributed by atoms with Gasteiger partial charge < -0.3 is 0 Å². The van der Waals surface area contributed by atoms with Crippen LogP contribution in [0.25, 0.3) is 16.6 Å². The van der Waals surface area contributed by atoms with Crippen molar-refractivity contribution in [1.29, 1.82) is 0 Å². The van der Waals surface area contributed by atoms with Crippen LogP contribution in [0.1, 0.15) is 53.2 Å². The topological polar surface area (TPSA) is 30.7 Å². The Hall–Kier alpha value is -2.16. The van der Waals surface area contributed by atoms with Gasteiger partial charge in [0.25, 0.3) is 0 Å². The molecule has 0 fully saturated rings. The molecule has 0 saturated carbocycles. The Morgan fingerprint density at radius 3 is 2.32 bits per heavy atom. The van der Waals surface area contributed by atoms with Crippen molar-refractivity contribution < 1.29 is 0 Å². The molecule has 118 valence electrons. The molecule has 2 aromatic heterocycles. The van der Waals surface area contributed by atoms with Gasteiger partial charge in [-0.2, -0.15) is 5.10 Å². The third-order valence-electron chi connectivity index (χ3n) is 3.09. The van der Waals surface area contributed by atoms with Crippen LogP contribution in [0.2, 0.25) is 0 Å². The van der Waals surface area contributed by atoms with Crippen LogP contribution in [0.4, 0.5) is 0 Å². The van der Waals surface area contributed by atoms with E-state index >= 15 is 0 Å². The molecule has 22 heavy (non-hydrogen) atoms. The standard InChI is InChI=1S/C15H15N3.2C2H6/c1-11(2)15-7-9-17-18(15)13-5-6-14-12(10-13)4-3-8-16-14;2*1-2/h3-11H,1-2H3;2*1-2H3. The summed E-state index contributed by atoms with van der Waals surface area (Å²) in [6, 6.07) is 12.3. The fourth-order valence-electron chi connectivity index (χ4n) is 2.16. The molecule has 3 aromatic rings.